The van der Waals surface area contributed by atoms with Crippen LogP contribution in [0, 0.1) is 0 Å². The van der Waals surface area contributed by atoms with Gasteiger partial charge in [0, 0.05) is 28.5 Å². The molecule has 0 saturated heterocycles. The van der Waals surface area contributed by atoms with Crippen molar-refractivity contribution in [2.45, 2.75) is 11.3 Å². The second-order valence-corrected chi connectivity index (χ2v) is 8.70. The molecule has 0 aromatic heterocycles. The van der Waals surface area contributed by atoms with Crippen molar-refractivity contribution >= 4 is 49.0 Å². The lowest BCUT2D eigenvalue weighted by molar-refractivity contribution is 0.0989. The molecule has 0 unspecified atom stereocenters. The lowest BCUT2D eigenvalue weighted by atomic mass is 10.1. The lowest BCUT2D eigenvalue weighted by Crippen LogP contribution is -2.29. The number of anilines is 1. The fourth-order valence-corrected chi connectivity index (χ4v) is 4.37. The van der Waals surface area contributed by atoms with Crippen molar-refractivity contribution in [1.29, 1.82) is 0 Å². The first-order valence-corrected chi connectivity index (χ1v) is 9.93. The van der Waals surface area contributed by atoms with Crippen LogP contribution in [-0.4, -0.2) is 27.1 Å². The molecule has 2 aromatic carbocycles. The number of carbonyl (C=O) groups is 1. The van der Waals surface area contributed by atoms with Crippen LogP contribution in [0.2, 0.25) is 5.02 Å². The highest BCUT2D eigenvalue weighted by Crippen LogP contribution is 2.32. The number of sulfone groups is 1. The van der Waals surface area contributed by atoms with E-state index in [4.69, 9.17) is 11.6 Å². The third kappa shape index (κ3) is 3.16. The Labute approximate surface area is 148 Å². The quantitative estimate of drug-likeness (QED) is 0.753. The Bertz CT molecular complexity index is 912. The summed E-state index contributed by atoms with van der Waals surface area (Å²) in [5.74, 6) is -0.229. The van der Waals surface area contributed by atoms with Crippen molar-refractivity contribution in [3.63, 3.8) is 0 Å². The maximum atomic E-state index is 12.8. The van der Waals surface area contributed by atoms with E-state index >= 15 is 0 Å². The highest BCUT2D eigenvalue weighted by Gasteiger charge is 2.26. The fourth-order valence-electron chi connectivity index (χ4n) is 2.66. The Kier molecular flexibility index (Phi) is 4.25. The predicted octanol–water partition coefficient (Wildman–Crippen LogP) is 3.71. The molecule has 0 N–H and O–H groups in total. The van der Waals surface area contributed by atoms with Gasteiger partial charge in [0.15, 0.2) is 9.84 Å². The van der Waals surface area contributed by atoms with Gasteiger partial charge in [0.25, 0.3) is 5.91 Å². The number of benzene rings is 2. The standard InChI is InChI=1S/C16H13BrClNO3S/c1-23(21,22)15-9-11(2-4-13(15)18)16(20)19-7-6-10-8-12(17)3-5-14(10)19/h2-5,8-9H,6-7H2,1H3. The van der Waals surface area contributed by atoms with Crippen LogP contribution in [0.4, 0.5) is 5.69 Å². The molecule has 1 amide bonds. The summed E-state index contributed by atoms with van der Waals surface area (Å²) in [7, 11) is -3.49. The van der Waals surface area contributed by atoms with Gasteiger partial charge in [-0.15, -0.1) is 0 Å². The maximum Gasteiger partial charge on any atom is 0.258 e. The largest absolute Gasteiger partial charge is 0.308 e. The summed E-state index contributed by atoms with van der Waals surface area (Å²) < 4.78 is 24.5. The molecule has 3 rings (SSSR count). The van der Waals surface area contributed by atoms with Gasteiger partial charge in [-0.05, 0) is 48.4 Å². The Morgan fingerprint density at radius 1 is 1.22 bits per heavy atom. The molecule has 0 fully saturated rings. The molecule has 1 aliphatic rings. The smallest absolute Gasteiger partial charge is 0.258 e. The topological polar surface area (TPSA) is 54.5 Å². The zero-order valence-corrected chi connectivity index (χ0v) is 15.4. The average molecular weight is 415 g/mol. The first-order valence-electron chi connectivity index (χ1n) is 6.87. The molecular weight excluding hydrogens is 402 g/mol. The van der Waals surface area contributed by atoms with E-state index in [2.05, 4.69) is 15.9 Å². The summed E-state index contributed by atoms with van der Waals surface area (Å²) in [6, 6.07) is 10.1. The van der Waals surface area contributed by atoms with Crippen molar-refractivity contribution in [1.82, 2.24) is 0 Å². The van der Waals surface area contributed by atoms with E-state index in [9.17, 15) is 13.2 Å². The van der Waals surface area contributed by atoms with Gasteiger partial charge in [-0.25, -0.2) is 8.42 Å². The third-order valence-corrected chi connectivity index (χ3v) is 5.83. The molecule has 0 bridgehead atoms. The number of hydrogen-bond donors (Lipinski definition) is 0. The Morgan fingerprint density at radius 2 is 1.96 bits per heavy atom. The Hall–Kier alpha value is -1.37. The van der Waals surface area contributed by atoms with Gasteiger partial charge in [-0.3, -0.25) is 4.79 Å². The number of amides is 1. The molecule has 4 nitrogen and oxygen atoms in total. The zero-order chi connectivity index (χ0) is 16.8. The van der Waals surface area contributed by atoms with Crippen LogP contribution in [-0.2, 0) is 16.3 Å². The van der Waals surface area contributed by atoms with Crippen LogP contribution in [0.15, 0.2) is 45.8 Å². The summed E-state index contributed by atoms with van der Waals surface area (Å²) >= 11 is 9.36. The molecule has 1 heterocycles. The molecule has 7 heteroatoms. The van der Waals surface area contributed by atoms with Gasteiger partial charge in [0.05, 0.1) is 9.92 Å². The number of rotatable bonds is 2. The molecule has 0 atom stereocenters. The number of halogens is 2. The lowest BCUT2D eigenvalue weighted by Gasteiger charge is -2.18. The summed E-state index contributed by atoms with van der Waals surface area (Å²) in [6.45, 7) is 0.571. The second kappa shape index (κ2) is 5.92. The van der Waals surface area contributed by atoms with Gasteiger partial charge in [0.2, 0.25) is 0 Å². The summed E-state index contributed by atoms with van der Waals surface area (Å²) in [4.78, 5) is 14.4. The molecule has 2 aromatic rings. The van der Waals surface area contributed by atoms with Crippen molar-refractivity contribution in [2.24, 2.45) is 0 Å². The third-order valence-electron chi connectivity index (χ3n) is 3.76. The van der Waals surface area contributed by atoms with E-state index in [-0.39, 0.29) is 15.8 Å². The van der Waals surface area contributed by atoms with Crippen LogP contribution in [0.1, 0.15) is 15.9 Å². The number of carbonyl (C=O) groups excluding carboxylic acids is 1. The van der Waals surface area contributed by atoms with E-state index < -0.39 is 9.84 Å². The van der Waals surface area contributed by atoms with Gasteiger partial charge >= 0.3 is 0 Å². The van der Waals surface area contributed by atoms with Crippen molar-refractivity contribution in [3.05, 3.63) is 57.0 Å². The molecule has 0 radical (unpaired) electrons. The minimum Gasteiger partial charge on any atom is -0.308 e. The molecule has 23 heavy (non-hydrogen) atoms. The van der Waals surface area contributed by atoms with Crippen LogP contribution >= 0.6 is 27.5 Å². The average Bonchev–Trinajstić information content (AvgIpc) is 2.88. The Morgan fingerprint density at radius 3 is 2.65 bits per heavy atom. The van der Waals surface area contributed by atoms with E-state index in [1.165, 1.54) is 12.1 Å². The zero-order valence-electron chi connectivity index (χ0n) is 12.2. The normalized spacial score (nSPS) is 14.0. The molecule has 0 saturated carbocycles. The predicted molar refractivity (Wildman–Crippen MR) is 94.1 cm³/mol. The van der Waals surface area contributed by atoms with Gasteiger partial charge in [-0.2, -0.15) is 0 Å². The van der Waals surface area contributed by atoms with Crippen LogP contribution in [0.3, 0.4) is 0 Å². The second-order valence-electron chi connectivity index (χ2n) is 5.40. The minimum absolute atomic E-state index is 0.0276. The molecule has 1 aliphatic heterocycles. The highest BCUT2D eigenvalue weighted by atomic mass is 79.9. The highest BCUT2D eigenvalue weighted by molar-refractivity contribution is 9.10. The van der Waals surface area contributed by atoms with Crippen LogP contribution in [0.25, 0.3) is 0 Å². The minimum atomic E-state index is -3.49. The van der Waals surface area contributed by atoms with Gasteiger partial charge in [-0.1, -0.05) is 27.5 Å². The van der Waals surface area contributed by atoms with E-state index in [1.807, 2.05) is 18.2 Å². The van der Waals surface area contributed by atoms with Crippen molar-refractivity contribution < 1.29 is 13.2 Å². The van der Waals surface area contributed by atoms with E-state index in [0.29, 0.717) is 12.1 Å². The van der Waals surface area contributed by atoms with Gasteiger partial charge in [0.1, 0.15) is 0 Å². The van der Waals surface area contributed by atoms with Crippen LogP contribution < -0.4 is 4.90 Å². The summed E-state index contributed by atoms with van der Waals surface area (Å²) in [5, 5.41) is 0.120. The SMILES string of the molecule is CS(=O)(=O)c1cc(C(=O)N2CCc3cc(Br)ccc32)ccc1Cl. The molecule has 120 valence electrons. The van der Waals surface area contributed by atoms with Gasteiger partial charge < -0.3 is 4.90 Å². The first-order chi connectivity index (χ1) is 10.8. The van der Waals surface area contributed by atoms with Crippen molar-refractivity contribution in [3.8, 4) is 0 Å². The monoisotopic (exact) mass is 413 g/mol. The van der Waals surface area contributed by atoms with Crippen LogP contribution in [0.5, 0.6) is 0 Å². The molecule has 0 spiro atoms. The summed E-state index contributed by atoms with van der Waals surface area (Å²) in [5.41, 5.74) is 2.25. The molecular formula is C16H13BrClNO3S. The molecule has 0 aliphatic carbocycles. The fraction of sp³-hybridized carbons (Fsp3) is 0.188. The summed E-state index contributed by atoms with van der Waals surface area (Å²) in [6.07, 6.45) is 1.85. The Balaban J connectivity index is 2.00. The maximum absolute atomic E-state index is 12.8. The van der Waals surface area contributed by atoms with Crippen molar-refractivity contribution in [2.75, 3.05) is 17.7 Å². The first kappa shape index (κ1) is 16.5. The number of hydrogen-bond acceptors (Lipinski definition) is 3. The van der Waals surface area contributed by atoms with E-state index in [1.54, 1.807) is 11.0 Å². The van der Waals surface area contributed by atoms with E-state index in [0.717, 1.165) is 28.4 Å². The number of nitrogens with zero attached hydrogens (tertiary/aromatic N) is 1. The number of fused-ring (bicyclic) bond motifs is 1.